The molecule has 0 N–H and O–H groups in total. The fraction of sp³-hybridized carbons (Fsp3) is 0.111. The summed E-state index contributed by atoms with van der Waals surface area (Å²) in [6, 6.07) is 9.43. The number of tetrazole rings is 1. The van der Waals surface area contributed by atoms with Gasteiger partial charge in [-0.15, -0.1) is 5.10 Å². The van der Waals surface area contributed by atoms with E-state index in [2.05, 4.69) is 15.5 Å². The Bertz CT molecular complexity index is 1010. The van der Waals surface area contributed by atoms with Crippen LogP contribution in [-0.4, -0.2) is 45.0 Å². The lowest BCUT2D eigenvalue weighted by Crippen LogP contribution is -2.14. The molecule has 138 valence electrons. The highest BCUT2D eigenvalue weighted by atomic mass is 35.5. The van der Waals surface area contributed by atoms with E-state index in [1.807, 2.05) is 0 Å². The number of hydrogen-bond donors (Lipinski definition) is 0. The molecule has 6 nitrogen and oxygen atoms in total. The van der Waals surface area contributed by atoms with Gasteiger partial charge in [-0.05, 0) is 46.8 Å². The van der Waals surface area contributed by atoms with E-state index >= 15 is 0 Å². The summed E-state index contributed by atoms with van der Waals surface area (Å²) >= 11 is 5.90. The molecule has 0 saturated heterocycles. The van der Waals surface area contributed by atoms with Gasteiger partial charge in [0.05, 0.1) is 16.8 Å². The van der Waals surface area contributed by atoms with Crippen LogP contribution in [0.1, 0.15) is 16.2 Å². The van der Waals surface area contributed by atoms with Gasteiger partial charge in [0.15, 0.2) is 5.82 Å². The fourth-order valence-corrected chi connectivity index (χ4v) is 2.53. The van der Waals surface area contributed by atoms with Gasteiger partial charge in [-0.3, -0.25) is 4.79 Å². The zero-order chi connectivity index (χ0) is 19.6. The topological polar surface area (TPSA) is 63.9 Å². The molecule has 0 bridgehead atoms. The highest BCUT2D eigenvalue weighted by Crippen LogP contribution is 2.23. The van der Waals surface area contributed by atoms with E-state index in [0.29, 0.717) is 16.8 Å². The molecule has 0 aliphatic carbocycles. The van der Waals surface area contributed by atoms with Gasteiger partial charge in [-0.1, -0.05) is 11.6 Å². The van der Waals surface area contributed by atoms with E-state index in [1.165, 1.54) is 10.9 Å². The van der Waals surface area contributed by atoms with Gasteiger partial charge in [0.25, 0.3) is 0 Å². The van der Waals surface area contributed by atoms with Crippen LogP contribution in [0.5, 0.6) is 0 Å². The Hall–Kier alpha value is -3.13. The number of aromatic nitrogens is 4. The first-order valence-corrected chi connectivity index (χ1v) is 8.17. The van der Waals surface area contributed by atoms with Crippen LogP contribution in [0.2, 0.25) is 5.02 Å². The van der Waals surface area contributed by atoms with Crippen LogP contribution in [0, 0.1) is 11.6 Å². The molecule has 0 unspecified atom stereocenters. The Morgan fingerprint density at radius 1 is 1.15 bits per heavy atom. The van der Waals surface area contributed by atoms with Gasteiger partial charge in [0.2, 0.25) is 5.78 Å². The van der Waals surface area contributed by atoms with Crippen molar-refractivity contribution in [2.45, 2.75) is 0 Å². The molecule has 2 aromatic carbocycles. The number of carbonyl (C=O) groups is 1. The number of allylic oxidation sites excluding steroid dienone is 1. The number of hydrogen-bond acceptors (Lipinski definition) is 5. The number of ketones is 1. The fourth-order valence-electron chi connectivity index (χ4n) is 2.41. The van der Waals surface area contributed by atoms with Crippen LogP contribution >= 0.6 is 11.6 Å². The zero-order valence-corrected chi connectivity index (χ0v) is 15.2. The summed E-state index contributed by atoms with van der Waals surface area (Å²) < 4.78 is 28.7. The number of nitrogens with zero attached hydrogens (tertiary/aromatic N) is 5. The molecule has 0 atom stereocenters. The minimum absolute atomic E-state index is 0.0467. The maximum atomic E-state index is 14.1. The monoisotopic (exact) mass is 389 g/mol. The largest absolute Gasteiger partial charge is 0.383 e. The minimum Gasteiger partial charge on any atom is -0.383 e. The first-order valence-electron chi connectivity index (χ1n) is 7.79. The van der Waals surface area contributed by atoms with Gasteiger partial charge in [0, 0.05) is 31.4 Å². The van der Waals surface area contributed by atoms with Crippen molar-refractivity contribution in [1.29, 1.82) is 0 Å². The molecule has 1 heterocycles. The van der Waals surface area contributed by atoms with E-state index in [9.17, 15) is 13.6 Å². The second-order valence-corrected chi connectivity index (χ2v) is 6.29. The molecule has 0 saturated carbocycles. The molecule has 9 heteroatoms. The summed E-state index contributed by atoms with van der Waals surface area (Å²) in [4.78, 5) is 14.6. The Kier molecular flexibility index (Phi) is 5.27. The van der Waals surface area contributed by atoms with Crippen LogP contribution in [0.4, 0.5) is 8.78 Å². The standard InChI is InChI=1S/C18H14ClF2N5O/c1-25(2)10-15(17(27)14-8-5-12(20)9-16(14)21)18-22-23-24-26(18)13-6-3-11(19)4-7-13/h3-10H,1-2H3. The van der Waals surface area contributed by atoms with Crippen LogP contribution in [0.25, 0.3) is 11.3 Å². The minimum atomic E-state index is -0.963. The maximum absolute atomic E-state index is 14.1. The third kappa shape index (κ3) is 4.01. The number of halogens is 3. The van der Waals surface area contributed by atoms with Crippen molar-refractivity contribution < 1.29 is 13.6 Å². The van der Waals surface area contributed by atoms with E-state index < -0.39 is 17.4 Å². The summed E-state index contributed by atoms with van der Waals surface area (Å²) in [6.07, 6.45) is 1.48. The smallest absolute Gasteiger partial charge is 0.201 e. The molecule has 0 aliphatic rings. The molecule has 0 spiro atoms. The van der Waals surface area contributed by atoms with Crippen molar-refractivity contribution in [3.63, 3.8) is 0 Å². The Balaban J connectivity index is 2.11. The first-order chi connectivity index (χ1) is 12.9. The molecular weight excluding hydrogens is 376 g/mol. The van der Waals surface area contributed by atoms with Crippen molar-refractivity contribution in [3.8, 4) is 5.69 Å². The van der Waals surface area contributed by atoms with Gasteiger partial charge in [-0.25, -0.2) is 8.78 Å². The SMILES string of the molecule is CN(C)C=C(C(=O)c1ccc(F)cc1F)c1nnnn1-c1ccc(Cl)cc1. The van der Waals surface area contributed by atoms with Gasteiger partial charge in [0.1, 0.15) is 11.6 Å². The van der Waals surface area contributed by atoms with E-state index in [4.69, 9.17) is 11.6 Å². The molecular formula is C18H14ClF2N5O. The highest BCUT2D eigenvalue weighted by molar-refractivity contribution is 6.30. The molecule has 3 rings (SSSR count). The lowest BCUT2D eigenvalue weighted by molar-refractivity contribution is 0.105. The van der Waals surface area contributed by atoms with Crippen molar-refractivity contribution in [2.75, 3.05) is 14.1 Å². The van der Waals surface area contributed by atoms with Gasteiger partial charge in [-0.2, -0.15) is 4.68 Å². The van der Waals surface area contributed by atoms with E-state index in [-0.39, 0.29) is 17.0 Å². The average Bonchev–Trinajstić information content (AvgIpc) is 3.09. The first kappa shape index (κ1) is 18.7. The van der Waals surface area contributed by atoms with Crippen molar-refractivity contribution in [1.82, 2.24) is 25.1 Å². The third-order valence-electron chi connectivity index (χ3n) is 3.59. The number of benzene rings is 2. The predicted molar refractivity (Wildman–Crippen MR) is 96.5 cm³/mol. The molecule has 3 aromatic rings. The lowest BCUT2D eigenvalue weighted by atomic mass is 10.0. The highest BCUT2D eigenvalue weighted by Gasteiger charge is 2.24. The summed E-state index contributed by atoms with van der Waals surface area (Å²) in [5, 5.41) is 12.0. The summed E-state index contributed by atoms with van der Waals surface area (Å²) in [7, 11) is 3.40. The predicted octanol–water partition coefficient (Wildman–Crippen LogP) is 3.38. The quantitative estimate of drug-likeness (QED) is 0.494. The Labute approximate surface area is 158 Å². The molecule has 0 amide bonds. The van der Waals surface area contributed by atoms with Crippen molar-refractivity contribution >= 4 is 23.0 Å². The molecule has 1 aromatic heterocycles. The summed E-state index contributed by atoms with van der Waals surface area (Å²) in [5.74, 6) is -2.30. The molecule has 0 fully saturated rings. The third-order valence-corrected chi connectivity index (χ3v) is 3.84. The summed E-state index contributed by atoms with van der Waals surface area (Å²) in [5.41, 5.74) is 0.331. The maximum Gasteiger partial charge on any atom is 0.201 e. The molecule has 0 radical (unpaired) electrons. The van der Waals surface area contributed by atoms with Gasteiger partial charge >= 0.3 is 0 Å². The molecule has 27 heavy (non-hydrogen) atoms. The second kappa shape index (κ2) is 7.63. The summed E-state index contributed by atoms with van der Waals surface area (Å²) in [6.45, 7) is 0. The van der Waals surface area contributed by atoms with Crippen LogP contribution < -0.4 is 0 Å². The Morgan fingerprint density at radius 3 is 2.48 bits per heavy atom. The zero-order valence-electron chi connectivity index (χ0n) is 14.4. The van der Waals surface area contributed by atoms with E-state index in [1.54, 1.807) is 43.3 Å². The average molecular weight is 390 g/mol. The van der Waals surface area contributed by atoms with Crippen LogP contribution in [0.3, 0.4) is 0 Å². The second-order valence-electron chi connectivity index (χ2n) is 5.85. The Morgan fingerprint density at radius 2 is 1.85 bits per heavy atom. The van der Waals surface area contributed by atoms with E-state index in [0.717, 1.165) is 12.1 Å². The molecule has 0 aliphatic heterocycles. The number of carbonyl (C=O) groups excluding carboxylic acids is 1. The normalized spacial score (nSPS) is 11.5. The number of rotatable bonds is 5. The van der Waals surface area contributed by atoms with Crippen molar-refractivity contribution in [2.24, 2.45) is 0 Å². The van der Waals surface area contributed by atoms with Crippen LogP contribution in [-0.2, 0) is 0 Å². The van der Waals surface area contributed by atoms with Crippen LogP contribution in [0.15, 0.2) is 48.7 Å². The van der Waals surface area contributed by atoms with Crippen molar-refractivity contribution in [3.05, 3.63) is 76.7 Å². The number of Topliss-reactive ketones (excluding diaryl/α,β-unsaturated/α-hetero) is 1. The lowest BCUT2D eigenvalue weighted by Gasteiger charge is -2.12. The van der Waals surface area contributed by atoms with Gasteiger partial charge < -0.3 is 4.90 Å².